The Hall–Kier alpha value is -8.34. The van der Waals surface area contributed by atoms with Crippen molar-refractivity contribution < 1.29 is 0 Å². The predicted octanol–water partition coefficient (Wildman–Crippen LogP) is 15.1. The predicted molar refractivity (Wildman–Crippen MR) is 260 cm³/mol. The summed E-state index contributed by atoms with van der Waals surface area (Å²) in [6.45, 7) is 0. The molecule has 0 radical (unpaired) electrons. The Kier molecular flexibility index (Phi) is 7.57. The number of fused-ring (bicyclic) bond motifs is 13. The van der Waals surface area contributed by atoms with Gasteiger partial charge in [0.1, 0.15) is 0 Å². The zero-order valence-corrected chi connectivity index (χ0v) is 33.6. The summed E-state index contributed by atoms with van der Waals surface area (Å²) in [6.07, 6.45) is 0. The van der Waals surface area contributed by atoms with Crippen LogP contribution in [0, 0.1) is 0 Å². The Morgan fingerprint density at radius 2 is 0.823 bits per heavy atom. The highest BCUT2D eigenvalue weighted by Crippen LogP contribution is 2.47. The van der Waals surface area contributed by atoms with Crippen LogP contribution in [0.1, 0.15) is 0 Å². The maximum atomic E-state index is 5.61. The molecule has 0 unspecified atom stereocenters. The van der Waals surface area contributed by atoms with E-state index in [1.54, 1.807) is 0 Å². The van der Waals surface area contributed by atoms with Gasteiger partial charge in [0.25, 0.3) is 0 Å². The van der Waals surface area contributed by atoms with E-state index in [0.717, 1.165) is 60.9 Å². The van der Waals surface area contributed by atoms with Gasteiger partial charge in [0.2, 0.25) is 5.95 Å². The van der Waals surface area contributed by atoms with Gasteiger partial charge in [-0.3, -0.25) is 4.57 Å². The Morgan fingerprint density at radius 3 is 1.56 bits per heavy atom. The van der Waals surface area contributed by atoms with Crippen LogP contribution < -0.4 is 0 Å². The first-order valence-electron chi connectivity index (χ1n) is 21.2. The standard InChI is InChI=1S/C58H36N4/c1-3-16-37(17-4-1)39-30-32-42(33-31-39)61-50-29-14-12-27-48(50)53-51(61)34-35-52-55(53)54-45-24-9-7-22-43(45)44-23-8-10-25-46(44)57(54)62(52)58-59-49-28-13-11-26-47(49)56(60-58)41-21-15-20-40(36-41)38-18-5-2-6-19-38/h1-36H. The highest BCUT2D eigenvalue weighted by molar-refractivity contribution is 6.38. The molecule has 0 saturated carbocycles. The Balaban J connectivity index is 1.16. The van der Waals surface area contributed by atoms with Crippen molar-refractivity contribution in [3.05, 3.63) is 218 Å². The van der Waals surface area contributed by atoms with E-state index in [1.165, 1.54) is 54.4 Å². The molecule has 0 fully saturated rings. The van der Waals surface area contributed by atoms with Gasteiger partial charge in [0.15, 0.2) is 0 Å². The van der Waals surface area contributed by atoms with E-state index < -0.39 is 0 Å². The number of benzene rings is 10. The van der Waals surface area contributed by atoms with E-state index in [-0.39, 0.29) is 0 Å². The molecule has 0 bridgehead atoms. The van der Waals surface area contributed by atoms with Crippen molar-refractivity contribution in [2.24, 2.45) is 0 Å². The minimum absolute atomic E-state index is 0.642. The highest BCUT2D eigenvalue weighted by Gasteiger charge is 2.25. The van der Waals surface area contributed by atoms with E-state index in [1.807, 2.05) is 0 Å². The third kappa shape index (κ3) is 5.14. The van der Waals surface area contributed by atoms with Gasteiger partial charge in [0, 0.05) is 43.6 Å². The summed E-state index contributed by atoms with van der Waals surface area (Å²) in [5.74, 6) is 0.642. The molecule has 0 aliphatic carbocycles. The van der Waals surface area contributed by atoms with Gasteiger partial charge in [-0.05, 0) is 80.9 Å². The normalized spacial score (nSPS) is 11.9. The van der Waals surface area contributed by atoms with Crippen LogP contribution in [0.25, 0.3) is 121 Å². The Bertz CT molecular complexity index is 3900. The van der Waals surface area contributed by atoms with Gasteiger partial charge in [-0.2, -0.15) is 0 Å². The summed E-state index contributed by atoms with van der Waals surface area (Å²) in [7, 11) is 0. The lowest BCUT2D eigenvalue weighted by atomic mass is 9.95. The summed E-state index contributed by atoms with van der Waals surface area (Å²) < 4.78 is 4.77. The zero-order chi connectivity index (χ0) is 40.7. The molecule has 62 heavy (non-hydrogen) atoms. The first-order valence-corrected chi connectivity index (χ1v) is 21.2. The molecule has 0 N–H and O–H groups in total. The first kappa shape index (κ1) is 34.5. The molecule has 0 aliphatic heterocycles. The van der Waals surface area contributed by atoms with Gasteiger partial charge >= 0.3 is 0 Å². The van der Waals surface area contributed by atoms with Crippen LogP contribution in [0.4, 0.5) is 0 Å². The molecular formula is C58H36N4. The smallest absolute Gasteiger partial charge is 0.235 e. The van der Waals surface area contributed by atoms with Crippen LogP contribution in [0.5, 0.6) is 0 Å². The number of nitrogens with zero attached hydrogens (tertiary/aromatic N) is 4. The van der Waals surface area contributed by atoms with Crippen LogP contribution >= 0.6 is 0 Å². The quantitative estimate of drug-likeness (QED) is 0.163. The average molecular weight is 789 g/mol. The molecule has 10 aromatic carbocycles. The van der Waals surface area contributed by atoms with E-state index >= 15 is 0 Å². The SMILES string of the molecule is c1ccc(-c2ccc(-n3c4ccccc4c4c5c6c7ccccc7c7ccccc7c6n(-c6nc(-c7cccc(-c8ccccc8)c7)c7ccccc7n6)c5ccc43)cc2)cc1. The van der Waals surface area contributed by atoms with Gasteiger partial charge in [-0.15, -0.1) is 0 Å². The summed E-state index contributed by atoms with van der Waals surface area (Å²) in [6, 6.07) is 78.4. The van der Waals surface area contributed by atoms with E-state index in [9.17, 15) is 0 Å². The maximum absolute atomic E-state index is 5.61. The first-order chi connectivity index (χ1) is 30.8. The fourth-order valence-electron chi connectivity index (χ4n) is 10.00. The number of rotatable bonds is 5. The minimum atomic E-state index is 0.642. The number of hydrogen-bond donors (Lipinski definition) is 0. The molecule has 4 heteroatoms. The van der Waals surface area contributed by atoms with Crippen LogP contribution in [-0.2, 0) is 0 Å². The topological polar surface area (TPSA) is 35.6 Å². The molecule has 13 aromatic rings. The van der Waals surface area contributed by atoms with Crippen molar-refractivity contribution in [2.45, 2.75) is 0 Å². The summed E-state index contributed by atoms with van der Waals surface area (Å²) in [5.41, 5.74) is 13.2. The van der Waals surface area contributed by atoms with Gasteiger partial charge < -0.3 is 4.57 Å². The fourth-order valence-corrected chi connectivity index (χ4v) is 10.00. The Labute approximate surface area is 357 Å². The van der Waals surface area contributed by atoms with E-state index in [4.69, 9.17) is 9.97 Å². The van der Waals surface area contributed by atoms with Crippen molar-refractivity contribution >= 4 is 76.1 Å². The molecule has 0 aliphatic rings. The molecule has 0 atom stereocenters. The van der Waals surface area contributed by atoms with Crippen molar-refractivity contribution in [3.8, 4) is 45.1 Å². The van der Waals surface area contributed by atoms with Gasteiger partial charge in [0.05, 0.1) is 33.3 Å². The third-order valence-corrected chi connectivity index (χ3v) is 12.7. The minimum Gasteiger partial charge on any atom is -0.309 e. The van der Waals surface area contributed by atoms with Gasteiger partial charge in [-0.25, -0.2) is 9.97 Å². The largest absolute Gasteiger partial charge is 0.309 e. The van der Waals surface area contributed by atoms with Crippen LogP contribution in [0.2, 0.25) is 0 Å². The highest BCUT2D eigenvalue weighted by atomic mass is 15.2. The van der Waals surface area contributed by atoms with Crippen LogP contribution in [-0.4, -0.2) is 19.1 Å². The maximum Gasteiger partial charge on any atom is 0.235 e. The van der Waals surface area contributed by atoms with Crippen molar-refractivity contribution in [1.82, 2.24) is 19.1 Å². The number of para-hydroxylation sites is 2. The summed E-state index contributed by atoms with van der Waals surface area (Å²) in [4.78, 5) is 11.1. The summed E-state index contributed by atoms with van der Waals surface area (Å²) >= 11 is 0. The molecule has 0 spiro atoms. The third-order valence-electron chi connectivity index (χ3n) is 12.7. The molecule has 0 saturated heterocycles. The van der Waals surface area contributed by atoms with Crippen LogP contribution in [0.3, 0.4) is 0 Å². The van der Waals surface area contributed by atoms with Crippen molar-refractivity contribution in [2.75, 3.05) is 0 Å². The lowest BCUT2D eigenvalue weighted by Crippen LogP contribution is -2.04. The lowest BCUT2D eigenvalue weighted by Gasteiger charge is -2.14. The van der Waals surface area contributed by atoms with Gasteiger partial charge in [-0.1, -0.05) is 176 Å². The Morgan fingerprint density at radius 1 is 0.290 bits per heavy atom. The van der Waals surface area contributed by atoms with Crippen LogP contribution in [0.15, 0.2) is 218 Å². The molecular weight excluding hydrogens is 753 g/mol. The lowest BCUT2D eigenvalue weighted by molar-refractivity contribution is 1.02. The second kappa shape index (κ2) is 13.6. The number of hydrogen-bond acceptors (Lipinski definition) is 2. The molecule has 13 rings (SSSR count). The monoisotopic (exact) mass is 788 g/mol. The zero-order valence-electron chi connectivity index (χ0n) is 33.6. The second-order valence-electron chi connectivity index (χ2n) is 16.1. The molecule has 3 aromatic heterocycles. The second-order valence-corrected chi connectivity index (χ2v) is 16.1. The average Bonchev–Trinajstić information content (AvgIpc) is 3.88. The molecule has 4 nitrogen and oxygen atoms in total. The molecule has 288 valence electrons. The molecule has 0 amide bonds. The fraction of sp³-hybridized carbons (Fsp3) is 0. The number of aromatic nitrogens is 4. The van der Waals surface area contributed by atoms with E-state index in [2.05, 4.69) is 228 Å². The van der Waals surface area contributed by atoms with E-state index in [0.29, 0.717) is 5.95 Å². The molecule has 3 heterocycles. The van der Waals surface area contributed by atoms with Crippen molar-refractivity contribution in [3.63, 3.8) is 0 Å². The summed E-state index contributed by atoms with van der Waals surface area (Å²) in [5, 5.41) is 10.6. The van der Waals surface area contributed by atoms with Crippen molar-refractivity contribution in [1.29, 1.82) is 0 Å².